The van der Waals surface area contributed by atoms with Gasteiger partial charge in [-0.05, 0) is 49.9 Å². The second-order valence-corrected chi connectivity index (χ2v) is 4.85. The Morgan fingerprint density at radius 2 is 2.05 bits per heavy atom. The molecular formula is C16H19NO4. The number of ether oxygens (including phenoxy) is 1. The van der Waals surface area contributed by atoms with Crippen LogP contribution in [0.4, 0.5) is 0 Å². The number of hydrogen-bond donors (Lipinski definition) is 1. The third-order valence-corrected chi connectivity index (χ3v) is 3.06. The molecule has 0 amide bonds. The van der Waals surface area contributed by atoms with E-state index in [1.54, 1.807) is 30.5 Å². The Labute approximate surface area is 123 Å². The van der Waals surface area contributed by atoms with Crippen molar-refractivity contribution in [3.8, 4) is 5.75 Å². The molecule has 0 aliphatic carbocycles. The van der Waals surface area contributed by atoms with Crippen LogP contribution in [0, 0.1) is 0 Å². The highest BCUT2D eigenvalue weighted by molar-refractivity contribution is 5.87. The van der Waals surface area contributed by atoms with Crippen LogP contribution in [0.3, 0.4) is 0 Å². The van der Waals surface area contributed by atoms with E-state index in [1.807, 2.05) is 19.2 Å². The lowest BCUT2D eigenvalue weighted by atomic mass is 10.2. The van der Waals surface area contributed by atoms with Gasteiger partial charge in [-0.15, -0.1) is 0 Å². The van der Waals surface area contributed by atoms with Crippen LogP contribution in [-0.4, -0.2) is 36.2 Å². The van der Waals surface area contributed by atoms with Crippen LogP contribution < -0.4 is 4.74 Å². The Bertz CT molecular complexity index is 548. The van der Waals surface area contributed by atoms with Crippen LogP contribution in [-0.2, 0) is 6.54 Å². The lowest BCUT2D eigenvalue weighted by Crippen LogP contribution is -2.20. The number of hydrogen-bond acceptors (Lipinski definition) is 4. The van der Waals surface area contributed by atoms with E-state index in [1.165, 1.54) is 0 Å². The van der Waals surface area contributed by atoms with Crippen molar-refractivity contribution in [1.82, 2.24) is 4.90 Å². The number of furan rings is 1. The topological polar surface area (TPSA) is 62.9 Å². The molecule has 1 aromatic heterocycles. The Hall–Kier alpha value is -2.27. The zero-order valence-corrected chi connectivity index (χ0v) is 12.0. The van der Waals surface area contributed by atoms with Crippen molar-refractivity contribution < 1.29 is 19.1 Å². The molecule has 0 unspecified atom stereocenters. The van der Waals surface area contributed by atoms with Crippen LogP contribution in [0.5, 0.6) is 5.75 Å². The van der Waals surface area contributed by atoms with Gasteiger partial charge in [0.2, 0.25) is 0 Å². The first-order valence-corrected chi connectivity index (χ1v) is 6.82. The van der Waals surface area contributed by atoms with Gasteiger partial charge in [-0.3, -0.25) is 4.90 Å². The van der Waals surface area contributed by atoms with Crippen LogP contribution in [0.15, 0.2) is 47.1 Å². The number of carbonyl (C=O) groups is 1. The first kappa shape index (κ1) is 15.1. The number of carboxylic acid groups (broad SMARTS) is 1. The second-order valence-electron chi connectivity index (χ2n) is 4.85. The van der Waals surface area contributed by atoms with Crippen LogP contribution >= 0.6 is 0 Å². The summed E-state index contributed by atoms with van der Waals surface area (Å²) >= 11 is 0. The van der Waals surface area contributed by atoms with Crippen LogP contribution in [0.1, 0.15) is 22.5 Å². The molecule has 0 atom stereocenters. The molecule has 0 spiro atoms. The van der Waals surface area contributed by atoms with Crippen molar-refractivity contribution >= 4 is 5.97 Å². The highest BCUT2D eigenvalue weighted by Gasteiger charge is 2.04. The molecular weight excluding hydrogens is 270 g/mol. The Morgan fingerprint density at radius 3 is 2.67 bits per heavy atom. The van der Waals surface area contributed by atoms with Crippen molar-refractivity contribution in [2.24, 2.45) is 0 Å². The fraction of sp³-hybridized carbons (Fsp3) is 0.312. The zero-order valence-electron chi connectivity index (χ0n) is 12.0. The average Bonchev–Trinajstić information content (AvgIpc) is 2.97. The van der Waals surface area contributed by atoms with Crippen molar-refractivity contribution in [1.29, 1.82) is 0 Å². The lowest BCUT2D eigenvalue weighted by molar-refractivity contribution is 0.0697. The van der Waals surface area contributed by atoms with Crippen LogP contribution in [0.25, 0.3) is 0 Å². The third kappa shape index (κ3) is 4.96. The molecule has 112 valence electrons. The van der Waals surface area contributed by atoms with Crippen molar-refractivity contribution in [2.75, 3.05) is 20.2 Å². The van der Waals surface area contributed by atoms with Gasteiger partial charge in [-0.2, -0.15) is 0 Å². The molecule has 2 aromatic rings. The number of rotatable bonds is 8. The van der Waals surface area contributed by atoms with E-state index in [0.717, 1.165) is 25.3 Å². The summed E-state index contributed by atoms with van der Waals surface area (Å²) in [5, 5.41) is 8.80. The maximum Gasteiger partial charge on any atom is 0.335 e. The minimum Gasteiger partial charge on any atom is -0.494 e. The minimum atomic E-state index is -0.930. The molecule has 0 aliphatic rings. The van der Waals surface area contributed by atoms with Gasteiger partial charge in [0, 0.05) is 6.54 Å². The summed E-state index contributed by atoms with van der Waals surface area (Å²) < 4.78 is 10.9. The molecule has 0 aliphatic heterocycles. The predicted molar refractivity (Wildman–Crippen MR) is 78.6 cm³/mol. The van der Waals surface area contributed by atoms with Crippen molar-refractivity contribution in [2.45, 2.75) is 13.0 Å². The standard InChI is InChI=1S/C16H19NO4/c1-17(12-15-4-2-10-21-15)9-3-11-20-14-7-5-13(6-8-14)16(18)19/h2,4-8,10H,3,9,11-12H2,1H3,(H,18,19). The summed E-state index contributed by atoms with van der Waals surface area (Å²) in [7, 11) is 2.03. The fourth-order valence-electron chi connectivity index (χ4n) is 1.97. The van der Waals surface area contributed by atoms with Gasteiger partial charge in [0.05, 0.1) is 25.0 Å². The van der Waals surface area contributed by atoms with Crippen molar-refractivity contribution in [3.05, 3.63) is 54.0 Å². The molecule has 21 heavy (non-hydrogen) atoms. The predicted octanol–water partition coefficient (Wildman–Crippen LogP) is 2.88. The van der Waals surface area contributed by atoms with E-state index in [2.05, 4.69) is 4.90 Å². The Balaban J connectivity index is 1.66. The number of aromatic carboxylic acids is 1. The van der Waals surface area contributed by atoms with E-state index < -0.39 is 5.97 Å². The summed E-state index contributed by atoms with van der Waals surface area (Å²) in [6, 6.07) is 10.3. The molecule has 0 fully saturated rings. The van der Waals surface area contributed by atoms with Gasteiger partial charge < -0.3 is 14.3 Å². The van der Waals surface area contributed by atoms with Gasteiger partial charge in [-0.1, -0.05) is 0 Å². The molecule has 5 nitrogen and oxygen atoms in total. The van der Waals surface area contributed by atoms with Gasteiger partial charge in [0.15, 0.2) is 0 Å². The van der Waals surface area contributed by atoms with Gasteiger partial charge in [0.25, 0.3) is 0 Å². The smallest absolute Gasteiger partial charge is 0.335 e. The molecule has 0 saturated heterocycles. The molecule has 5 heteroatoms. The maximum atomic E-state index is 10.7. The highest BCUT2D eigenvalue weighted by atomic mass is 16.5. The summed E-state index contributed by atoms with van der Waals surface area (Å²) in [5.74, 6) is 0.706. The van der Waals surface area contributed by atoms with E-state index in [9.17, 15) is 4.79 Å². The number of carboxylic acids is 1. The normalized spacial score (nSPS) is 10.8. The molecule has 1 N–H and O–H groups in total. The maximum absolute atomic E-state index is 10.7. The highest BCUT2D eigenvalue weighted by Crippen LogP contribution is 2.12. The minimum absolute atomic E-state index is 0.264. The molecule has 1 heterocycles. The quantitative estimate of drug-likeness (QED) is 0.757. The summed E-state index contributed by atoms with van der Waals surface area (Å²) in [6.45, 7) is 2.27. The summed E-state index contributed by atoms with van der Waals surface area (Å²) in [6.07, 6.45) is 2.56. The molecule has 0 radical (unpaired) electrons. The van der Waals surface area contributed by atoms with Gasteiger partial charge in [0.1, 0.15) is 11.5 Å². The van der Waals surface area contributed by atoms with Gasteiger partial charge >= 0.3 is 5.97 Å². The van der Waals surface area contributed by atoms with E-state index in [4.69, 9.17) is 14.3 Å². The van der Waals surface area contributed by atoms with Crippen molar-refractivity contribution in [3.63, 3.8) is 0 Å². The van der Waals surface area contributed by atoms with E-state index in [0.29, 0.717) is 12.4 Å². The Kier molecular flexibility index (Phi) is 5.40. The monoisotopic (exact) mass is 289 g/mol. The van der Waals surface area contributed by atoms with Gasteiger partial charge in [-0.25, -0.2) is 4.79 Å². The second kappa shape index (κ2) is 7.50. The SMILES string of the molecule is CN(CCCOc1ccc(C(=O)O)cc1)Cc1ccco1. The number of benzene rings is 1. The summed E-state index contributed by atoms with van der Waals surface area (Å²) in [5.41, 5.74) is 0.264. The first-order chi connectivity index (χ1) is 10.1. The fourth-order valence-corrected chi connectivity index (χ4v) is 1.97. The number of nitrogens with zero attached hydrogens (tertiary/aromatic N) is 1. The lowest BCUT2D eigenvalue weighted by Gasteiger charge is -2.15. The molecule has 0 saturated carbocycles. The zero-order chi connectivity index (χ0) is 15.1. The molecule has 2 rings (SSSR count). The summed E-state index contributed by atoms with van der Waals surface area (Å²) in [4.78, 5) is 12.9. The Morgan fingerprint density at radius 1 is 1.29 bits per heavy atom. The average molecular weight is 289 g/mol. The van der Waals surface area contributed by atoms with Crippen LogP contribution in [0.2, 0.25) is 0 Å². The third-order valence-electron chi connectivity index (χ3n) is 3.06. The van der Waals surface area contributed by atoms with E-state index >= 15 is 0 Å². The largest absolute Gasteiger partial charge is 0.494 e. The molecule has 0 bridgehead atoms. The first-order valence-electron chi connectivity index (χ1n) is 6.82. The molecule has 1 aromatic carbocycles. The van der Waals surface area contributed by atoms with E-state index in [-0.39, 0.29) is 5.56 Å².